The molecule has 1 atom stereocenters. The topological polar surface area (TPSA) is 92.8 Å². The number of methoxy groups -OCH3 is 1. The van der Waals surface area contributed by atoms with Crippen LogP contribution >= 0.6 is 0 Å². The van der Waals surface area contributed by atoms with Crippen LogP contribution in [0.25, 0.3) is 0 Å². The van der Waals surface area contributed by atoms with E-state index in [1.54, 1.807) is 24.3 Å². The number of quaternary nitrogens is 2. The smallest absolute Gasteiger partial charge is 0.337 e. The molecule has 2 fully saturated rings. The van der Waals surface area contributed by atoms with Crippen LogP contribution in [-0.4, -0.2) is 75.4 Å². The van der Waals surface area contributed by atoms with Crippen LogP contribution in [0.1, 0.15) is 16.8 Å². The second-order valence-corrected chi connectivity index (χ2v) is 6.74. The van der Waals surface area contributed by atoms with Gasteiger partial charge in [-0.15, -0.1) is 0 Å². The van der Waals surface area contributed by atoms with E-state index in [9.17, 15) is 14.4 Å². The molecule has 1 aromatic rings. The highest BCUT2D eigenvalue weighted by molar-refractivity contribution is 6.21. The van der Waals surface area contributed by atoms with E-state index >= 15 is 0 Å². The number of aliphatic hydroxyl groups excluding tert-OH is 1. The number of piperazine rings is 1. The standard InChI is InChI=1S/C18H23N3O5/c1-26-18(25)13-2-4-14(5-3-13)21-16(23)12-15(17(21)24)20-8-6-19(7-9-20)10-11-22/h2-5,15,22H,6-12H2,1H3/p+2/t15-/m0/s1. The summed E-state index contributed by atoms with van der Waals surface area (Å²) >= 11 is 0. The quantitative estimate of drug-likeness (QED) is 0.380. The number of esters is 1. The van der Waals surface area contributed by atoms with Crippen LogP contribution in [0.15, 0.2) is 24.3 Å². The van der Waals surface area contributed by atoms with E-state index in [0.717, 1.165) is 37.6 Å². The highest BCUT2D eigenvalue weighted by atomic mass is 16.5. The van der Waals surface area contributed by atoms with Crippen LogP contribution in [0.3, 0.4) is 0 Å². The molecule has 2 amide bonds. The van der Waals surface area contributed by atoms with E-state index in [1.165, 1.54) is 16.9 Å². The second-order valence-electron chi connectivity index (χ2n) is 6.74. The summed E-state index contributed by atoms with van der Waals surface area (Å²) in [6, 6.07) is 5.96. The Labute approximate surface area is 151 Å². The summed E-state index contributed by atoms with van der Waals surface area (Å²) in [5.74, 6) is -0.842. The zero-order valence-corrected chi connectivity index (χ0v) is 14.9. The highest BCUT2D eigenvalue weighted by Gasteiger charge is 2.46. The molecule has 0 aliphatic carbocycles. The summed E-state index contributed by atoms with van der Waals surface area (Å²) in [6.07, 6.45) is 0.211. The first-order valence-electron chi connectivity index (χ1n) is 8.89. The van der Waals surface area contributed by atoms with Crippen LogP contribution in [0.2, 0.25) is 0 Å². The zero-order valence-electron chi connectivity index (χ0n) is 14.9. The number of nitrogens with one attached hydrogen (secondary N) is 2. The van der Waals surface area contributed by atoms with Gasteiger partial charge in [0.1, 0.15) is 32.7 Å². The normalized spacial score (nSPS) is 26.2. The van der Waals surface area contributed by atoms with Crippen LogP contribution < -0.4 is 14.7 Å². The molecule has 2 saturated heterocycles. The maximum Gasteiger partial charge on any atom is 0.337 e. The van der Waals surface area contributed by atoms with E-state index in [-0.39, 0.29) is 30.9 Å². The molecule has 8 nitrogen and oxygen atoms in total. The second kappa shape index (κ2) is 7.94. The minimum absolute atomic E-state index is 0.168. The van der Waals surface area contributed by atoms with E-state index in [4.69, 9.17) is 5.11 Å². The van der Waals surface area contributed by atoms with Crippen molar-refractivity contribution < 1.29 is 34.0 Å². The van der Waals surface area contributed by atoms with Gasteiger partial charge in [0.15, 0.2) is 6.04 Å². The number of nitrogens with zero attached hydrogens (tertiary/aromatic N) is 1. The Morgan fingerprint density at radius 2 is 1.85 bits per heavy atom. The number of hydrogen-bond acceptors (Lipinski definition) is 5. The lowest BCUT2D eigenvalue weighted by atomic mass is 10.1. The molecular formula is C18H25N3O5+2. The number of benzene rings is 1. The first kappa shape index (κ1) is 18.5. The van der Waals surface area contributed by atoms with Crippen molar-refractivity contribution in [2.24, 2.45) is 0 Å². The van der Waals surface area contributed by atoms with E-state index < -0.39 is 5.97 Å². The Morgan fingerprint density at radius 1 is 1.19 bits per heavy atom. The van der Waals surface area contributed by atoms with Gasteiger partial charge in [-0.1, -0.05) is 0 Å². The predicted octanol–water partition coefficient (Wildman–Crippen LogP) is -3.12. The predicted molar refractivity (Wildman–Crippen MR) is 92.0 cm³/mol. The molecule has 26 heavy (non-hydrogen) atoms. The van der Waals surface area contributed by atoms with Gasteiger partial charge in [0.05, 0.1) is 31.4 Å². The molecule has 0 saturated carbocycles. The molecule has 0 radical (unpaired) electrons. The summed E-state index contributed by atoms with van der Waals surface area (Å²) < 4.78 is 4.66. The first-order valence-corrected chi connectivity index (χ1v) is 8.89. The Balaban J connectivity index is 1.68. The highest BCUT2D eigenvalue weighted by Crippen LogP contribution is 2.22. The van der Waals surface area contributed by atoms with Gasteiger partial charge in [-0.25, -0.2) is 9.69 Å². The molecular weight excluding hydrogens is 338 g/mol. The minimum atomic E-state index is -0.457. The molecule has 0 bridgehead atoms. The number of anilines is 1. The van der Waals surface area contributed by atoms with Gasteiger partial charge in [-0.05, 0) is 24.3 Å². The molecule has 140 valence electrons. The summed E-state index contributed by atoms with van der Waals surface area (Å²) in [6.45, 7) is 4.30. The van der Waals surface area contributed by atoms with Gasteiger partial charge >= 0.3 is 5.97 Å². The molecule has 1 aromatic carbocycles. The Morgan fingerprint density at radius 3 is 2.42 bits per heavy atom. The van der Waals surface area contributed by atoms with Crippen LogP contribution in [-0.2, 0) is 14.3 Å². The van der Waals surface area contributed by atoms with Gasteiger partial charge in [-0.3, -0.25) is 9.59 Å². The zero-order chi connectivity index (χ0) is 18.7. The number of ether oxygens (including phenoxy) is 1. The average molecular weight is 363 g/mol. The fraction of sp³-hybridized carbons (Fsp3) is 0.500. The van der Waals surface area contributed by atoms with Crippen LogP contribution in [0.5, 0.6) is 0 Å². The fourth-order valence-electron chi connectivity index (χ4n) is 3.77. The number of amides is 2. The number of hydrogen-bond donors (Lipinski definition) is 3. The number of imide groups is 1. The summed E-state index contributed by atoms with van der Waals surface area (Å²) in [5.41, 5.74) is 0.861. The molecule has 0 unspecified atom stereocenters. The largest absolute Gasteiger partial charge is 0.465 e. The number of rotatable bonds is 5. The third-order valence-corrected chi connectivity index (χ3v) is 5.25. The monoisotopic (exact) mass is 363 g/mol. The van der Waals surface area contributed by atoms with Crippen LogP contribution in [0, 0.1) is 0 Å². The molecule has 0 aromatic heterocycles. The maximum absolute atomic E-state index is 12.8. The van der Waals surface area contributed by atoms with Crippen molar-refractivity contribution in [1.82, 2.24) is 0 Å². The lowest BCUT2D eigenvalue weighted by molar-refractivity contribution is -1.02. The van der Waals surface area contributed by atoms with Crippen molar-refractivity contribution in [3.8, 4) is 0 Å². The molecule has 2 aliphatic rings. The number of carbonyl (C=O) groups is 3. The van der Waals surface area contributed by atoms with Crippen molar-refractivity contribution >= 4 is 23.5 Å². The maximum atomic E-state index is 12.8. The van der Waals surface area contributed by atoms with E-state index in [2.05, 4.69) is 4.74 Å². The van der Waals surface area contributed by atoms with Gasteiger partial charge in [-0.2, -0.15) is 0 Å². The Hall–Kier alpha value is -2.29. The number of aliphatic hydroxyl groups is 1. The van der Waals surface area contributed by atoms with Crippen molar-refractivity contribution in [3.05, 3.63) is 29.8 Å². The average Bonchev–Trinajstić information content (AvgIpc) is 2.96. The molecule has 3 N–H and O–H groups in total. The summed E-state index contributed by atoms with van der Waals surface area (Å²) in [5, 5.41) is 9.04. The Kier molecular flexibility index (Phi) is 5.65. The van der Waals surface area contributed by atoms with Crippen molar-refractivity contribution in [1.29, 1.82) is 0 Å². The summed E-state index contributed by atoms with van der Waals surface area (Å²) in [4.78, 5) is 40.5. The molecule has 8 heteroatoms. The fourth-order valence-corrected chi connectivity index (χ4v) is 3.77. The lowest BCUT2D eigenvalue weighted by Gasteiger charge is -2.31. The van der Waals surface area contributed by atoms with Gasteiger partial charge in [0, 0.05) is 0 Å². The van der Waals surface area contributed by atoms with E-state index in [0.29, 0.717) is 11.3 Å². The van der Waals surface area contributed by atoms with Crippen LogP contribution in [0.4, 0.5) is 5.69 Å². The number of carbonyl (C=O) groups excluding carboxylic acids is 3. The third-order valence-electron chi connectivity index (χ3n) is 5.25. The minimum Gasteiger partial charge on any atom is -0.465 e. The van der Waals surface area contributed by atoms with Gasteiger partial charge < -0.3 is 19.6 Å². The molecule has 0 spiro atoms. The third kappa shape index (κ3) is 3.62. The van der Waals surface area contributed by atoms with Crippen molar-refractivity contribution in [3.63, 3.8) is 0 Å². The SMILES string of the molecule is COC(=O)c1ccc(N2C(=O)C[C@H]([NH+]3CC[NH+](CCO)CC3)C2=O)cc1. The van der Waals surface area contributed by atoms with Crippen molar-refractivity contribution in [2.45, 2.75) is 12.5 Å². The Bertz CT molecular complexity index is 683. The van der Waals surface area contributed by atoms with E-state index in [1.807, 2.05) is 0 Å². The molecule has 3 rings (SSSR count). The molecule has 2 heterocycles. The summed E-state index contributed by atoms with van der Waals surface area (Å²) in [7, 11) is 1.30. The molecule has 2 aliphatic heterocycles. The van der Waals surface area contributed by atoms with Gasteiger partial charge in [0.2, 0.25) is 5.91 Å². The van der Waals surface area contributed by atoms with Gasteiger partial charge in [0.25, 0.3) is 5.91 Å². The van der Waals surface area contributed by atoms with Crippen molar-refractivity contribution in [2.75, 3.05) is 51.3 Å². The first-order chi connectivity index (χ1) is 12.5. The lowest BCUT2D eigenvalue weighted by Crippen LogP contribution is -3.30.